The van der Waals surface area contributed by atoms with E-state index in [-0.39, 0.29) is 26.8 Å². The van der Waals surface area contributed by atoms with Gasteiger partial charge in [-0.25, -0.2) is 0 Å². The first-order valence-electron chi connectivity index (χ1n) is 4.22. The highest BCUT2D eigenvalue weighted by Crippen LogP contribution is 2.03. The smallest absolute Gasteiger partial charge is 0.146 e. The Morgan fingerprint density at radius 1 is 0.857 bits per heavy atom. The summed E-state index contributed by atoms with van der Waals surface area (Å²) >= 11 is 0. The van der Waals surface area contributed by atoms with Crippen LogP contribution in [-0.2, 0) is 18.9 Å². The Labute approximate surface area is 83.3 Å². The van der Waals surface area contributed by atoms with Crippen LogP contribution in [0.2, 0.25) is 0 Å². The molecule has 0 aromatic carbocycles. The number of hydrogen-bond donors (Lipinski definition) is 2. The van der Waals surface area contributed by atoms with Gasteiger partial charge in [0.05, 0.1) is 13.2 Å². The van der Waals surface area contributed by atoms with Crippen molar-refractivity contribution in [1.29, 1.82) is 0 Å². The predicted octanol–water partition coefficient (Wildman–Crippen LogP) is -1.05. The Kier molecular flexibility index (Phi) is 9.16. The summed E-state index contributed by atoms with van der Waals surface area (Å²) in [5.41, 5.74) is 0. The van der Waals surface area contributed by atoms with Crippen LogP contribution in [-0.4, -0.2) is 63.4 Å². The molecule has 1 unspecified atom stereocenters. The number of hydrogen-bond acceptors (Lipinski definition) is 6. The lowest BCUT2D eigenvalue weighted by Gasteiger charge is -2.23. The molecule has 0 fully saturated rings. The van der Waals surface area contributed by atoms with E-state index in [1.807, 2.05) is 0 Å². The Hall–Kier alpha value is -0.240. The van der Waals surface area contributed by atoms with E-state index in [9.17, 15) is 0 Å². The second kappa shape index (κ2) is 9.32. The van der Waals surface area contributed by atoms with E-state index in [0.717, 1.165) is 0 Å². The fraction of sp³-hybridized carbons (Fsp3) is 1.00. The van der Waals surface area contributed by atoms with Crippen molar-refractivity contribution in [2.45, 2.75) is 12.2 Å². The lowest BCUT2D eigenvalue weighted by molar-refractivity contribution is -0.176. The van der Waals surface area contributed by atoms with Crippen LogP contribution in [0.3, 0.4) is 0 Å². The van der Waals surface area contributed by atoms with Crippen LogP contribution in [0.4, 0.5) is 0 Å². The average molecular weight is 210 g/mol. The van der Waals surface area contributed by atoms with E-state index in [1.165, 1.54) is 14.2 Å². The second-order valence-corrected chi connectivity index (χ2v) is 2.59. The molecule has 14 heavy (non-hydrogen) atoms. The van der Waals surface area contributed by atoms with Crippen molar-refractivity contribution in [3.05, 3.63) is 0 Å². The molecule has 0 aliphatic carbocycles. The standard InChI is InChI=1S/C8H18O6/c1-11-5-13-7(3-9)8(4-10)14-6-12-2/h7-10H,3-6H2,1-2H3/t7-,8?/m1/s1. The van der Waals surface area contributed by atoms with Crippen molar-refractivity contribution in [1.82, 2.24) is 0 Å². The van der Waals surface area contributed by atoms with Gasteiger partial charge in [0.25, 0.3) is 0 Å². The normalized spacial score (nSPS) is 15.4. The van der Waals surface area contributed by atoms with Crippen LogP contribution >= 0.6 is 0 Å². The number of aliphatic hydroxyl groups is 2. The largest absolute Gasteiger partial charge is 0.394 e. The zero-order chi connectivity index (χ0) is 10.8. The summed E-state index contributed by atoms with van der Waals surface area (Å²) in [6.45, 7) is -0.424. The summed E-state index contributed by atoms with van der Waals surface area (Å²) in [6.07, 6.45) is -1.23. The van der Waals surface area contributed by atoms with Crippen molar-refractivity contribution in [3.8, 4) is 0 Å². The fourth-order valence-corrected chi connectivity index (χ4v) is 0.866. The Morgan fingerprint density at radius 3 is 1.43 bits per heavy atom. The summed E-state index contributed by atoms with van der Waals surface area (Å²) < 4.78 is 19.5. The third-order valence-corrected chi connectivity index (χ3v) is 1.57. The first-order chi connectivity index (χ1) is 6.79. The minimum absolute atomic E-state index is 0.0398. The maximum absolute atomic E-state index is 8.94. The Balaban J connectivity index is 3.87. The quantitative estimate of drug-likeness (QED) is 0.473. The molecular weight excluding hydrogens is 192 g/mol. The van der Waals surface area contributed by atoms with Crippen LogP contribution in [0.1, 0.15) is 0 Å². The predicted molar refractivity (Wildman–Crippen MR) is 47.7 cm³/mol. The first kappa shape index (κ1) is 13.8. The number of ether oxygens (including phenoxy) is 4. The van der Waals surface area contributed by atoms with Gasteiger partial charge >= 0.3 is 0 Å². The van der Waals surface area contributed by atoms with E-state index in [4.69, 9.17) is 19.7 Å². The molecule has 0 spiro atoms. The van der Waals surface area contributed by atoms with E-state index < -0.39 is 12.2 Å². The second-order valence-electron chi connectivity index (χ2n) is 2.59. The summed E-state index contributed by atoms with van der Waals surface area (Å²) in [4.78, 5) is 0. The molecule has 0 radical (unpaired) electrons. The van der Waals surface area contributed by atoms with E-state index in [2.05, 4.69) is 9.47 Å². The monoisotopic (exact) mass is 210 g/mol. The van der Waals surface area contributed by atoms with Gasteiger partial charge in [0.15, 0.2) is 0 Å². The van der Waals surface area contributed by atoms with Gasteiger partial charge in [-0.3, -0.25) is 0 Å². The number of methoxy groups -OCH3 is 2. The molecule has 0 amide bonds. The maximum atomic E-state index is 8.94. The molecule has 0 aromatic heterocycles. The Morgan fingerprint density at radius 2 is 1.21 bits per heavy atom. The van der Waals surface area contributed by atoms with Gasteiger partial charge in [0, 0.05) is 14.2 Å². The van der Waals surface area contributed by atoms with Crippen LogP contribution in [0, 0.1) is 0 Å². The highest BCUT2D eigenvalue weighted by atomic mass is 16.7. The molecule has 6 heteroatoms. The number of rotatable bonds is 9. The van der Waals surface area contributed by atoms with Crippen LogP contribution in [0.5, 0.6) is 0 Å². The topological polar surface area (TPSA) is 77.4 Å². The average Bonchev–Trinajstić information content (AvgIpc) is 2.23. The highest BCUT2D eigenvalue weighted by Gasteiger charge is 2.21. The fourth-order valence-electron chi connectivity index (χ4n) is 0.866. The zero-order valence-corrected chi connectivity index (χ0v) is 8.51. The van der Waals surface area contributed by atoms with Crippen molar-refractivity contribution >= 4 is 0 Å². The van der Waals surface area contributed by atoms with Gasteiger partial charge in [0.1, 0.15) is 25.8 Å². The summed E-state index contributed by atoms with van der Waals surface area (Å²) in [7, 11) is 2.94. The maximum Gasteiger partial charge on any atom is 0.146 e. The van der Waals surface area contributed by atoms with Crippen molar-refractivity contribution in [3.63, 3.8) is 0 Å². The molecule has 2 N–H and O–H groups in total. The molecule has 0 bridgehead atoms. The summed E-state index contributed by atoms with van der Waals surface area (Å²) in [5.74, 6) is 0. The van der Waals surface area contributed by atoms with Gasteiger partial charge < -0.3 is 29.2 Å². The minimum atomic E-state index is -0.616. The molecule has 0 saturated carbocycles. The van der Waals surface area contributed by atoms with Gasteiger partial charge in [0.2, 0.25) is 0 Å². The molecule has 0 aliphatic rings. The first-order valence-corrected chi connectivity index (χ1v) is 4.22. The Bertz CT molecular complexity index is 106. The summed E-state index contributed by atoms with van der Waals surface area (Å²) in [6, 6.07) is 0. The molecule has 2 atom stereocenters. The molecule has 86 valence electrons. The molecular formula is C8H18O6. The van der Waals surface area contributed by atoms with Gasteiger partial charge in [-0.2, -0.15) is 0 Å². The van der Waals surface area contributed by atoms with Crippen molar-refractivity contribution in [2.75, 3.05) is 41.0 Å². The molecule has 0 saturated heterocycles. The van der Waals surface area contributed by atoms with E-state index in [0.29, 0.717) is 0 Å². The summed E-state index contributed by atoms with van der Waals surface area (Å²) in [5, 5.41) is 17.9. The molecule has 0 heterocycles. The lowest BCUT2D eigenvalue weighted by Crippen LogP contribution is -2.38. The van der Waals surface area contributed by atoms with Crippen molar-refractivity contribution < 1.29 is 29.2 Å². The lowest BCUT2D eigenvalue weighted by atomic mass is 10.2. The van der Waals surface area contributed by atoms with E-state index in [1.54, 1.807) is 0 Å². The minimum Gasteiger partial charge on any atom is -0.394 e. The molecule has 0 rings (SSSR count). The van der Waals surface area contributed by atoms with Crippen LogP contribution < -0.4 is 0 Å². The van der Waals surface area contributed by atoms with Crippen molar-refractivity contribution in [2.24, 2.45) is 0 Å². The van der Waals surface area contributed by atoms with Gasteiger partial charge in [-0.1, -0.05) is 0 Å². The number of aliphatic hydroxyl groups excluding tert-OH is 2. The third kappa shape index (κ3) is 5.48. The molecule has 0 aromatic rings. The molecule has 6 nitrogen and oxygen atoms in total. The van der Waals surface area contributed by atoms with Crippen LogP contribution in [0.25, 0.3) is 0 Å². The van der Waals surface area contributed by atoms with Gasteiger partial charge in [-0.05, 0) is 0 Å². The van der Waals surface area contributed by atoms with E-state index >= 15 is 0 Å². The molecule has 0 aliphatic heterocycles. The van der Waals surface area contributed by atoms with Crippen LogP contribution in [0.15, 0.2) is 0 Å². The van der Waals surface area contributed by atoms with Gasteiger partial charge in [-0.15, -0.1) is 0 Å². The zero-order valence-electron chi connectivity index (χ0n) is 8.51. The third-order valence-electron chi connectivity index (χ3n) is 1.57. The SMILES string of the molecule is COCOC(CO)[C@@H](CO)OCOC. The highest BCUT2D eigenvalue weighted by molar-refractivity contribution is 4.68.